The predicted molar refractivity (Wildman–Crippen MR) is 118 cm³/mol. The van der Waals surface area contributed by atoms with Gasteiger partial charge in [0.25, 0.3) is 0 Å². The van der Waals surface area contributed by atoms with E-state index in [0.717, 1.165) is 0 Å². The van der Waals surface area contributed by atoms with Crippen molar-refractivity contribution in [2.24, 2.45) is 0 Å². The van der Waals surface area contributed by atoms with E-state index in [1.165, 1.54) is 35.5 Å². The van der Waals surface area contributed by atoms with Gasteiger partial charge in [0.05, 0.1) is 42.1 Å². The molecule has 0 aliphatic carbocycles. The number of carbonyl (C=O) groups excluding carboxylic acids is 2. The van der Waals surface area contributed by atoms with Crippen LogP contribution < -0.4 is 14.2 Å². The van der Waals surface area contributed by atoms with Crippen molar-refractivity contribution in [2.75, 3.05) is 35.5 Å². The molecular formula is C22H22BrNO7. The lowest BCUT2D eigenvalue weighted by molar-refractivity contribution is 0.0549. The molecule has 0 radical (unpaired) electrons. The smallest absolute Gasteiger partial charge is 0.355 e. The molecule has 0 atom stereocenters. The van der Waals surface area contributed by atoms with E-state index in [0.29, 0.717) is 38.2 Å². The quantitative estimate of drug-likeness (QED) is 0.460. The molecule has 0 spiro atoms. The zero-order valence-electron chi connectivity index (χ0n) is 17.8. The van der Waals surface area contributed by atoms with Gasteiger partial charge in [-0.1, -0.05) is 34.1 Å². The van der Waals surface area contributed by atoms with Gasteiger partial charge < -0.3 is 28.3 Å². The van der Waals surface area contributed by atoms with Crippen LogP contribution in [0.5, 0.6) is 17.2 Å². The Bertz CT molecular complexity index is 1150. The van der Waals surface area contributed by atoms with E-state index in [1.54, 1.807) is 22.8 Å². The van der Waals surface area contributed by atoms with Crippen molar-refractivity contribution in [3.8, 4) is 17.2 Å². The van der Waals surface area contributed by atoms with Crippen molar-refractivity contribution in [2.45, 2.75) is 6.54 Å². The van der Waals surface area contributed by atoms with E-state index in [2.05, 4.69) is 15.9 Å². The average molecular weight is 492 g/mol. The van der Waals surface area contributed by atoms with Gasteiger partial charge in [-0.15, -0.1) is 0 Å². The third-order valence-corrected chi connectivity index (χ3v) is 5.64. The Morgan fingerprint density at radius 3 is 2.13 bits per heavy atom. The Morgan fingerprint density at radius 2 is 1.55 bits per heavy atom. The van der Waals surface area contributed by atoms with Crippen molar-refractivity contribution < 1.29 is 33.3 Å². The molecule has 0 aliphatic heterocycles. The lowest BCUT2D eigenvalue weighted by Crippen LogP contribution is -2.17. The minimum atomic E-state index is -0.660. The Balaban J connectivity index is 2.35. The van der Waals surface area contributed by atoms with Gasteiger partial charge >= 0.3 is 11.9 Å². The van der Waals surface area contributed by atoms with Crippen LogP contribution in [0.2, 0.25) is 0 Å². The molecule has 3 aromatic rings. The van der Waals surface area contributed by atoms with Gasteiger partial charge in [0.1, 0.15) is 11.3 Å². The molecule has 1 heterocycles. The molecule has 9 heteroatoms. The van der Waals surface area contributed by atoms with E-state index in [1.807, 2.05) is 12.1 Å². The number of hydrogen-bond acceptors (Lipinski definition) is 7. The van der Waals surface area contributed by atoms with E-state index >= 15 is 0 Å². The number of nitrogens with zero attached hydrogens (tertiary/aromatic N) is 1. The number of ether oxygens (including phenoxy) is 5. The summed E-state index contributed by atoms with van der Waals surface area (Å²) in [5.74, 6) is 0.0334. The molecule has 0 unspecified atom stereocenters. The fraction of sp³-hybridized carbons (Fsp3) is 0.273. The maximum atomic E-state index is 12.8. The molecule has 0 fully saturated rings. The largest absolute Gasteiger partial charge is 0.493 e. The Kier molecular flexibility index (Phi) is 6.74. The van der Waals surface area contributed by atoms with Crippen LogP contribution in [0.3, 0.4) is 0 Å². The second-order valence-electron chi connectivity index (χ2n) is 6.42. The normalized spacial score (nSPS) is 10.6. The van der Waals surface area contributed by atoms with Gasteiger partial charge in [0.15, 0.2) is 11.5 Å². The summed E-state index contributed by atoms with van der Waals surface area (Å²) in [4.78, 5) is 25.4. The van der Waals surface area contributed by atoms with Crippen LogP contribution in [0.15, 0.2) is 34.8 Å². The number of para-hydroxylation sites is 1. The van der Waals surface area contributed by atoms with Gasteiger partial charge in [0, 0.05) is 20.9 Å². The summed E-state index contributed by atoms with van der Waals surface area (Å²) >= 11 is 3.56. The van der Waals surface area contributed by atoms with Gasteiger partial charge in [0.2, 0.25) is 5.75 Å². The number of esters is 2. The Hall–Kier alpha value is -3.20. The molecule has 0 aliphatic rings. The van der Waals surface area contributed by atoms with Crippen LogP contribution in [-0.4, -0.2) is 52.1 Å². The molecule has 0 N–H and O–H groups in total. The van der Waals surface area contributed by atoms with Crippen LogP contribution in [0, 0.1) is 0 Å². The second kappa shape index (κ2) is 9.30. The molecule has 2 aromatic carbocycles. The first-order chi connectivity index (χ1) is 14.9. The van der Waals surface area contributed by atoms with Crippen molar-refractivity contribution in [1.29, 1.82) is 0 Å². The first-order valence-corrected chi connectivity index (χ1v) is 9.97. The molecule has 3 rings (SSSR count). The fourth-order valence-corrected chi connectivity index (χ4v) is 4.09. The van der Waals surface area contributed by atoms with Gasteiger partial charge in [-0.3, -0.25) is 0 Å². The van der Waals surface area contributed by atoms with Crippen LogP contribution in [0.1, 0.15) is 26.4 Å². The number of carbonyl (C=O) groups is 2. The molecule has 8 nitrogen and oxygen atoms in total. The Labute approximate surface area is 187 Å². The van der Waals surface area contributed by atoms with Gasteiger partial charge in [-0.25, -0.2) is 9.59 Å². The van der Waals surface area contributed by atoms with E-state index in [-0.39, 0.29) is 17.8 Å². The highest BCUT2D eigenvalue weighted by Gasteiger charge is 2.30. The van der Waals surface area contributed by atoms with Crippen LogP contribution in [-0.2, 0) is 16.0 Å². The van der Waals surface area contributed by atoms with E-state index < -0.39 is 11.9 Å². The highest BCUT2D eigenvalue weighted by atomic mass is 79.9. The van der Waals surface area contributed by atoms with Crippen LogP contribution in [0.25, 0.3) is 10.9 Å². The maximum absolute atomic E-state index is 12.8. The third kappa shape index (κ3) is 3.81. The van der Waals surface area contributed by atoms with Gasteiger partial charge in [-0.05, 0) is 12.1 Å². The van der Waals surface area contributed by atoms with E-state index in [9.17, 15) is 9.59 Å². The second-order valence-corrected chi connectivity index (χ2v) is 7.27. The van der Waals surface area contributed by atoms with Crippen molar-refractivity contribution in [3.63, 3.8) is 0 Å². The third-order valence-electron chi connectivity index (χ3n) is 4.93. The number of methoxy groups -OCH3 is 5. The summed E-state index contributed by atoms with van der Waals surface area (Å²) in [5, 5.41) is 0.574. The molecule has 1 aromatic heterocycles. The minimum Gasteiger partial charge on any atom is -0.493 e. The molecular weight excluding hydrogens is 470 g/mol. The first-order valence-electron chi connectivity index (χ1n) is 9.18. The lowest BCUT2D eigenvalue weighted by atomic mass is 10.1. The number of benzene rings is 2. The zero-order chi connectivity index (χ0) is 22.7. The van der Waals surface area contributed by atoms with E-state index in [4.69, 9.17) is 23.7 Å². The highest BCUT2D eigenvalue weighted by Crippen LogP contribution is 2.44. The number of halogens is 1. The molecule has 164 valence electrons. The summed E-state index contributed by atoms with van der Waals surface area (Å²) in [6.07, 6.45) is 0. The van der Waals surface area contributed by atoms with Crippen LogP contribution in [0.4, 0.5) is 0 Å². The zero-order valence-corrected chi connectivity index (χ0v) is 19.4. The number of fused-ring (bicyclic) bond motifs is 1. The van der Waals surface area contributed by atoms with Crippen molar-refractivity contribution in [3.05, 3.63) is 51.6 Å². The maximum Gasteiger partial charge on any atom is 0.355 e. The fourth-order valence-electron chi connectivity index (χ4n) is 3.58. The predicted octanol–water partition coefficient (Wildman–Crippen LogP) is 4.05. The number of aromatic nitrogens is 1. The summed E-state index contributed by atoms with van der Waals surface area (Å²) in [7, 11) is 7.09. The van der Waals surface area contributed by atoms with Crippen molar-refractivity contribution in [1.82, 2.24) is 4.57 Å². The number of rotatable bonds is 7. The first kappa shape index (κ1) is 22.5. The molecule has 0 saturated heterocycles. The summed E-state index contributed by atoms with van der Waals surface area (Å²) in [5.41, 5.74) is 1.56. The minimum absolute atomic E-state index is 0.0827. The summed E-state index contributed by atoms with van der Waals surface area (Å²) < 4.78 is 28.8. The molecule has 0 amide bonds. The molecule has 0 bridgehead atoms. The molecule has 31 heavy (non-hydrogen) atoms. The summed E-state index contributed by atoms with van der Waals surface area (Å²) in [6.45, 7) is 0.173. The van der Waals surface area contributed by atoms with Crippen LogP contribution >= 0.6 is 15.9 Å². The standard InChI is InChI=1S/C22H22BrNO7/c1-27-16-10-14(23)13(19(28-2)20(16)29-3)11-24-15-9-7-6-8-12(15)17(21(25)30-4)18(24)22(26)31-5/h6-10H,11H2,1-5H3. The highest BCUT2D eigenvalue weighted by molar-refractivity contribution is 9.10. The van der Waals surface area contributed by atoms with Gasteiger partial charge in [-0.2, -0.15) is 0 Å². The average Bonchev–Trinajstić information content (AvgIpc) is 3.12. The molecule has 0 saturated carbocycles. The monoisotopic (exact) mass is 491 g/mol. The topological polar surface area (TPSA) is 85.2 Å². The van der Waals surface area contributed by atoms with Crippen molar-refractivity contribution >= 4 is 38.8 Å². The Morgan fingerprint density at radius 1 is 0.903 bits per heavy atom. The SMILES string of the molecule is COC(=O)c1c(C(=O)OC)n(Cc2c(Br)cc(OC)c(OC)c2OC)c2ccccc12. The number of hydrogen-bond donors (Lipinski definition) is 0. The lowest BCUT2D eigenvalue weighted by Gasteiger charge is -2.19. The summed E-state index contributed by atoms with van der Waals surface area (Å²) in [6, 6.07) is 8.93.